The van der Waals surface area contributed by atoms with Gasteiger partial charge in [-0.15, -0.1) is 0 Å². The highest BCUT2D eigenvalue weighted by Crippen LogP contribution is 2.51. The molecule has 0 radical (unpaired) electrons. The maximum absolute atomic E-state index is 6.55. The molecule has 1 spiro atoms. The summed E-state index contributed by atoms with van der Waals surface area (Å²) >= 11 is 0. The SMILES string of the molecule is COc1cc2c(cc1OC)[C@@H](N)C1(CCNCC1)C2. The van der Waals surface area contributed by atoms with Crippen LogP contribution in [-0.2, 0) is 6.42 Å². The zero-order valence-corrected chi connectivity index (χ0v) is 11.7. The fourth-order valence-electron chi connectivity index (χ4n) is 3.61. The molecule has 1 aromatic carbocycles. The molecule has 1 atom stereocenters. The number of rotatable bonds is 2. The van der Waals surface area contributed by atoms with Crippen LogP contribution in [0.2, 0.25) is 0 Å². The molecule has 4 heteroatoms. The van der Waals surface area contributed by atoms with Gasteiger partial charge in [0.05, 0.1) is 14.2 Å². The summed E-state index contributed by atoms with van der Waals surface area (Å²) in [5.41, 5.74) is 9.34. The lowest BCUT2D eigenvalue weighted by Gasteiger charge is -2.37. The first-order chi connectivity index (χ1) is 9.20. The van der Waals surface area contributed by atoms with Crippen LogP contribution in [0, 0.1) is 5.41 Å². The molecular formula is C15H22N2O2. The fourth-order valence-corrected chi connectivity index (χ4v) is 3.61. The Morgan fingerprint density at radius 1 is 1.16 bits per heavy atom. The van der Waals surface area contributed by atoms with E-state index in [1.54, 1.807) is 14.2 Å². The van der Waals surface area contributed by atoms with E-state index in [1.807, 2.05) is 0 Å². The molecular weight excluding hydrogens is 240 g/mol. The van der Waals surface area contributed by atoms with E-state index < -0.39 is 0 Å². The summed E-state index contributed by atoms with van der Waals surface area (Å²) in [6.45, 7) is 2.13. The lowest BCUT2D eigenvalue weighted by Crippen LogP contribution is -2.42. The van der Waals surface area contributed by atoms with Crippen molar-refractivity contribution in [1.82, 2.24) is 5.32 Å². The molecule has 0 saturated carbocycles. The summed E-state index contributed by atoms with van der Waals surface area (Å²) in [5.74, 6) is 1.59. The summed E-state index contributed by atoms with van der Waals surface area (Å²) in [4.78, 5) is 0. The fraction of sp³-hybridized carbons (Fsp3) is 0.600. The number of hydrogen-bond donors (Lipinski definition) is 2. The van der Waals surface area contributed by atoms with Crippen molar-refractivity contribution in [3.05, 3.63) is 23.3 Å². The van der Waals surface area contributed by atoms with Crippen molar-refractivity contribution >= 4 is 0 Å². The van der Waals surface area contributed by atoms with Crippen molar-refractivity contribution in [3.8, 4) is 11.5 Å². The topological polar surface area (TPSA) is 56.5 Å². The van der Waals surface area contributed by atoms with Crippen LogP contribution in [0.15, 0.2) is 12.1 Å². The van der Waals surface area contributed by atoms with E-state index in [-0.39, 0.29) is 11.5 Å². The first-order valence-electron chi connectivity index (χ1n) is 6.91. The van der Waals surface area contributed by atoms with Gasteiger partial charge in [-0.1, -0.05) is 0 Å². The van der Waals surface area contributed by atoms with Gasteiger partial charge in [-0.25, -0.2) is 0 Å². The van der Waals surface area contributed by atoms with Crippen LogP contribution >= 0.6 is 0 Å². The van der Waals surface area contributed by atoms with Crippen molar-refractivity contribution in [2.24, 2.45) is 11.1 Å². The number of ether oxygens (including phenoxy) is 2. The van der Waals surface area contributed by atoms with Crippen molar-refractivity contribution in [2.45, 2.75) is 25.3 Å². The highest BCUT2D eigenvalue weighted by molar-refractivity contribution is 5.51. The Morgan fingerprint density at radius 3 is 2.42 bits per heavy atom. The minimum Gasteiger partial charge on any atom is -0.493 e. The van der Waals surface area contributed by atoms with Crippen molar-refractivity contribution in [1.29, 1.82) is 0 Å². The van der Waals surface area contributed by atoms with Gasteiger partial charge in [0.1, 0.15) is 0 Å². The van der Waals surface area contributed by atoms with Crippen LogP contribution in [0.1, 0.15) is 30.0 Å². The van der Waals surface area contributed by atoms with Gasteiger partial charge < -0.3 is 20.5 Å². The lowest BCUT2D eigenvalue weighted by molar-refractivity contribution is 0.174. The van der Waals surface area contributed by atoms with Gasteiger partial charge in [-0.2, -0.15) is 0 Å². The van der Waals surface area contributed by atoms with Crippen molar-refractivity contribution < 1.29 is 9.47 Å². The van der Waals surface area contributed by atoms with Gasteiger partial charge in [0.2, 0.25) is 0 Å². The van der Waals surface area contributed by atoms with Gasteiger partial charge in [-0.3, -0.25) is 0 Å². The quantitative estimate of drug-likeness (QED) is 0.850. The van der Waals surface area contributed by atoms with Gasteiger partial charge >= 0.3 is 0 Å². The standard InChI is InChI=1S/C15H22N2O2/c1-18-12-7-10-9-15(3-5-17-6-4-15)14(16)11(10)8-13(12)19-2/h7-8,14,17H,3-6,9,16H2,1-2H3/t14-/m1/s1. The first-order valence-corrected chi connectivity index (χ1v) is 6.91. The number of nitrogens with one attached hydrogen (secondary N) is 1. The van der Waals surface area contributed by atoms with E-state index >= 15 is 0 Å². The third kappa shape index (κ3) is 1.90. The predicted octanol–water partition coefficient (Wildman–Crippen LogP) is 1.63. The maximum atomic E-state index is 6.55. The Morgan fingerprint density at radius 2 is 1.79 bits per heavy atom. The van der Waals surface area contributed by atoms with Crippen molar-refractivity contribution in [2.75, 3.05) is 27.3 Å². The average molecular weight is 262 g/mol. The third-order valence-corrected chi connectivity index (χ3v) is 4.78. The highest BCUT2D eigenvalue weighted by Gasteiger charge is 2.45. The predicted molar refractivity (Wildman–Crippen MR) is 74.7 cm³/mol. The molecule has 1 aliphatic heterocycles. The molecule has 0 amide bonds. The smallest absolute Gasteiger partial charge is 0.161 e. The molecule has 1 fully saturated rings. The Kier molecular flexibility index (Phi) is 3.15. The number of piperidine rings is 1. The second-order valence-corrected chi connectivity index (χ2v) is 5.67. The van der Waals surface area contributed by atoms with E-state index in [0.29, 0.717) is 0 Å². The minimum absolute atomic E-state index is 0.115. The zero-order chi connectivity index (χ0) is 13.5. The summed E-state index contributed by atoms with van der Waals surface area (Å²) in [6, 6.07) is 4.28. The third-order valence-electron chi connectivity index (χ3n) is 4.78. The molecule has 19 heavy (non-hydrogen) atoms. The first kappa shape index (κ1) is 12.8. The molecule has 1 aliphatic carbocycles. The van der Waals surface area contributed by atoms with E-state index in [4.69, 9.17) is 15.2 Å². The molecule has 2 aliphatic rings. The Hall–Kier alpha value is -1.26. The van der Waals surface area contributed by atoms with Crippen molar-refractivity contribution in [3.63, 3.8) is 0 Å². The second kappa shape index (κ2) is 4.69. The Balaban J connectivity index is 2.00. The molecule has 1 heterocycles. The van der Waals surface area contributed by atoms with Crippen LogP contribution < -0.4 is 20.5 Å². The largest absolute Gasteiger partial charge is 0.493 e. The second-order valence-electron chi connectivity index (χ2n) is 5.67. The molecule has 0 unspecified atom stereocenters. The summed E-state index contributed by atoms with van der Waals surface area (Å²) in [6.07, 6.45) is 3.35. The van der Waals surface area contributed by atoms with E-state index in [2.05, 4.69) is 17.4 Å². The van der Waals surface area contributed by atoms with Gasteiger partial charge in [0, 0.05) is 6.04 Å². The molecule has 1 saturated heterocycles. The minimum atomic E-state index is 0.115. The van der Waals surface area contributed by atoms with E-state index in [1.165, 1.54) is 11.1 Å². The highest BCUT2D eigenvalue weighted by atomic mass is 16.5. The molecule has 0 aromatic heterocycles. The lowest BCUT2D eigenvalue weighted by atomic mass is 9.73. The maximum Gasteiger partial charge on any atom is 0.161 e. The monoisotopic (exact) mass is 262 g/mol. The van der Waals surface area contributed by atoms with Crippen LogP contribution in [0.3, 0.4) is 0 Å². The molecule has 0 bridgehead atoms. The summed E-state index contributed by atoms with van der Waals surface area (Å²) in [5, 5.41) is 3.42. The van der Waals surface area contributed by atoms with Gasteiger partial charge in [0.15, 0.2) is 11.5 Å². The van der Waals surface area contributed by atoms with Gasteiger partial charge in [-0.05, 0) is 61.0 Å². The van der Waals surface area contributed by atoms with E-state index in [0.717, 1.165) is 43.9 Å². The Bertz CT molecular complexity index is 481. The average Bonchev–Trinajstić information content (AvgIpc) is 2.70. The number of hydrogen-bond acceptors (Lipinski definition) is 4. The number of benzene rings is 1. The number of nitrogens with two attached hydrogens (primary N) is 1. The molecule has 3 N–H and O–H groups in total. The van der Waals surface area contributed by atoms with Crippen LogP contribution in [0.4, 0.5) is 0 Å². The zero-order valence-electron chi connectivity index (χ0n) is 11.7. The van der Waals surface area contributed by atoms with Crippen LogP contribution in [-0.4, -0.2) is 27.3 Å². The number of methoxy groups -OCH3 is 2. The molecule has 104 valence electrons. The molecule has 4 nitrogen and oxygen atoms in total. The summed E-state index contributed by atoms with van der Waals surface area (Å²) < 4.78 is 10.8. The number of fused-ring (bicyclic) bond motifs is 1. The van der Waals surface area contributed by atoms with Gasteiger partial charge in [0.25, 0.3) is 0 Å². The molecule has 3 rings (SSSR count). The van der Waals surface area contributed by atoms with Crippen LogP contribution in [0.25, 0.3) is 0 Å². The van der Waals surface area contributed by atoms with Crippen LogP contribution in [0.5, 0.6) is 11.5 Å². The summed E-state index contributed by atoms with van der Waals surface area (Å²) in [7, 11) is 3.35. The normalized spacial score (nSPS) is 24.3. The Labute approximate surface area is 114 Å². The molecule has 1 aromatic rings. The van der Waals surface area contributed by atoms with E-state index in [9.17, 15) is 0 Å².